The van der Waals surface area contributed by atoms with Crippen molar-refractivity contribution in [2.75, 3.05) is 39.9 Å². The Morgan fingerprint density at radius 2 is 1.67 bits per heavy atom. The van der Waals surface area contributed by atoms with Crippen LogP contribution in [0.2, 0.25) is 0 Å². The summed E-state index contributed by atoms with van der Waals surface area (Å²) in [5, 5.41) is 7.12. The molecule has 0 atom stereocenters. The van der Waals surface area contributed by atoms with E-state index in [2.05, 4.69) is 75.1 Å². The van der Waals surface area contributed by atoms with E-state index in [1.165, 1.54) is 36.0 Å². The van der Waals surface area contributed by atoms with Crippen LogP contribution in [0.15, 0.2) is 59.6 Å². The van der Waals surface area contributed by atoms with Crippen LogP contribution in [0.25, 0.3) is 0 Å². The zero-order chi connectivity index (χ0) is 20.7. The first-order valence-corrected chi connectivity index (χ1v) is 11.2. The molecule has 0 bridgehead atoms. The quantitative estimate of drug-likeness (QED) is 0.547. The maximum Gasteiger partial charge on any atom is 0.191 e. The van der Waals surface area contributed by atoms with Gasteiger partial charge in [-0.2, -0.15) is 0 Å². The largest absolute Gasteiger partial charge is 0.379 e. The molecule has 0 radical (unpaired) electrons. The van der Waals surface area contributed by atoms with Gasteiger partial charge in [0.05, 0.1) is 13.2 Å². The minimum Gasteiger partial charge on any atom is -0.379 e. The average Bonchev–Trinajstić information content (AvgIpc) is 2.77. The summed E-state index contributed by atoms with van der Waals surface area (Å²) in [5.41, 5.74) is 4.39. The van der Waals surface area contributed by atoms with Crippen LogP contribution in [0.3, 0.4) is 0 Å². The molecule has 1 saturated carbocycles. The van der Waals surface area contributed by atoms with Crippen molar-refractivity contribution in [1.29, 1.82) is 0 Å². The number of ether oxygens (including phenoxy) is 1. The van der Waals surface area contributed by atoms with Gasteiger partial charge in [0.15, 0.2) is 5.96 Å². The van der Waals surface area contributed by atoms with Crippen LogP contribution in [0.4, 0.5) is 0 Å². The van der Waals surface area contributed by atoms with Crippen LogP contribution in [-0.4, -0.2) is 50.8 Å². The van der Waals surface area contributed by atoms with Crippen molar-refractivity contribution < 1.29 is 4.74 Å². The van der Waals surface area contributed by atoms with Crippen LogP contribution in [-0.2, 0) is 23.2 Å². The highest BCUT2D eigenvalue weighted by atomic mass is 16.5. The van der Waals surface area contributed by atoms with E-state index in [9.17, 15) is 0 Å². The van der Waals surface area contributed by atoms with E-state index in [1.807, 2.05) is 7.05 Å². The Bertz CT molecular complexity index is 826. The molecule has 0 spiro atoms. The molecule has 30 heavy (non-hydrogen) atoms. The summed E-state index contributed by atoms with van der Waals surface area (Å²) >= 11 is 0. The molecular weight excluding hydrogens is 372 g/mol. The Labute approximate surface area is 180 Å². The molecule has 5 heteroatoms. The third kappa shape index (κ3) is 5.02. The standard InChI is InChI=1S/C25H34N4O/c1-26-24(28-20-25(12-7-13-25)23-10-3-2-4-11-23)27-18-21-8-5-6-9-22(21)19-29-14-16-30-17-15-29/h2-6,8-11H,7,12-20H2,1H3,(H2,26,27,28). The summed E-state index contributed by atoms with van der Waals surface area (Å²) in [4.78, 5) is 6.94. The van der Waals surface area contributed by atoms with Crippen molar-refractivity contribution in [1.82, 2.24) is 15.5 Å². The van der Waals surface area contributed by atoms with Gasteiger partial charge in [-0.1, -0.05) is 61.0 Å². The maximum atomic E-state index is 5.48. The number of hydrogen-bond acceptors (Lipinski definition) is 3. The third-order valence-corrected chi connectivity index (χ3v) is 6.58. The van der Waals surface area contributed by atoms with Crippen LogP contribution in [0, 0.1) is 0 Å². The topological polar surface area (TPSA) is 48.9 Å². The first-order chi connectivity index (χ1) is 14.8. The SMILES string of the molecule is CN=C(NCc1ccccc1CN1CCOCC1)NCC1(c2ccccc2)CCC1. The third-order valence-electron chi connectivity index (χ3n) is 6.58. The Balaban J connectivity index is 1.34. The summed E-state index contributed by atoms with van der Waals surface area (Å²) in [6, 6.07) is 19.6. The molecule has 2 N–H and O–H groups in total. The Kier molecular flexibility index (Phi) is 7.03. The molecular formula is C25H34N4O. The summed E-state index contributed by atoms with van der Waals surface area (Å²) in [6.45, 7) is 6.36. The molecule has 160 valence electrons. The summed E-state index contributed by atoms with van der Waals surface area (Å²) in [5.74, 6) is 0.874. The monoisotopic (exact) mass is 406 g/mol. The van der Waals surface area contributed by atoms with Gasteiger partial charge in [0.1, 0.15) is 0 Å². The summed E-state index contributed by atoms with van der Waals surface area (Å²) < 4.78 is 5.48. The minimum absolute atomic E-state index is 0.243. The van der Waals surface area contributed by atoms with Crippen LogP contribution in [0.1, 0.15) is 36.0 Å². The van der Waals surface area contributed by atoms with Crippen molar-refractivity contribution in [2.24, 2.45) is 4.99 Å². The molecule has 1 saturated heterocycles. The van der Waals surface area contributed by atoms with Crippen LogP contribution < -0.4 is 10.6 Å². The van der Waals surface area contributed by atoms with Gasteiger partial charge in [-0.25, -0.2) is 0 Å². The van der Waals surface area contributed by atoms with Crippen molar-refractivity contribution in [3.8, 4) is 0 Å². The maximum absolute atomic E-state index is 5.48. The second-order valence-electron chi connectivity index (χ2n) is 8.44. The van der Waals surface area contributed by atoms with E-state index in [0.29, 0.717) is 0 Å². The zero-order valence-electron chi connectivity index (χ0n) is 18.1. The number of benzene rings is 2. The second kappa shape index (κ2) is 10.1. The molecule has 1 heterocycles. The lowest BCUT2D eigenvalue weighted by Gasteiger charge is -2.43. The number of rotatable bonds is 7. The smallest absolute Gasteiger partial charge is 0.191 e. The Morgan fingerprint density at radius 1 is 0.967 bits per heavy atom. The summed E-state index contributed by atoms with van der Waals surface area (Å²) in [6.07, 6.45) is 3.78. The molecule has 2 aromatic rings. The van der Waals surface area contributed by atoms with Crippen LogP contribution >= 0.6 is 0 Å². The molecule has 1 aliphatic heterocycles. The van der Waals surface area contributed by atoms with Gasteiger partial charge in [0, 0.05) is 45.2 Å². The van der Waals surface area contributed by atoms with Crippen molar-refractivity contribution in [3.05, 3.63) is 71.3 Å². The fourth-order valence-corrected chi connectivity index (χ4v) is 4.50. The lowest BCUT2D eigenvalue weighted by atomic mass is 9.64. The molecule has 5 nitrogen and oxygen atoms in total. The van der Waals surface area contributed by atoms with E-state index in [4.69, 9.17) is 4.74 Å². The highest BCUT2D eigenvalue weighted by Gasteiger charge is 2.38. The van der Waals surface area contributed by atoms with Crippen molar-refractivity contribution in [3.63, 3.8) is 0 Å². The lowest BCUT2D eigenvalue weighted by molar-refractivity contribution is 0.0341. The summed E-state index contributed by atoms with van der Waals surface area (Å²) in [7, 11) is 1.85. The Hall–Kier alpha value is -2.37. The lowest BCUT2D eigenvalue weighted by Crippen LogP contribution is -2.48. The molecule has 1 aliphatic carbocycles. The van der Waals surface area contributed by atoms with Gasteiger partial charge in [-0.05, 0) is 29.5 Å². The van der Waals surface area contributed by atoms with Gasteiger partial charge in [0.2, 0.25) is 0 Å². The number of nitrogens with zero attached hydrogens (tertiary/aromatic N) is 2. The Morgan fingerprint density at radius 3 is 2.33 bits per heavy atom. The van der Waals surface area contributed by atoms with Gasteiger partial charge < -0.3 is 15.4 Å². The van der Waals surface area contributed by atoms with E-state index >= 15 is 0 Å². The average molecular weight is 407 g/mol. The van der Waals surface area contributed by atoms with Gasteiger partial charge in [-0.15, -0.1) is 0 Å². The zero-order valence-corrected chi connectivity index (χ0v) is 18.1. The number of hydrogen-bond donors (Lipinski definition) is 2. The highest BCUT2D eigenvalue weighted by Crippen LogP contribution is 2.43. The molecule has 4 rings (SSSR count). The molecule has 0 unspecified atom stereocenters. The molecule has 0 amide bonds. The second-order valence-corrected chi connectivity index (χ2v) is 8.44. The molecule has 0 aromatic heterocycles. The number of morpholine rings is 1. The van der Waals surface area contributed by atoms with Crippen molar-refractivity contribution in [2.45, 2.75) is 37.8 Å². The van der Waals surface area contributed by atoms with Crippen LogP contribution in [0.5, 0.6) is 0 Å². The minimum atomic E-state index is 0.243. The first-order valence-electron chi connectivity index (χ1n) is 11.2. The number of nitrogens with one attached hydrogen (secondary N) is 2. The highest BCUT2D eigenvalue weighted by molar-refractivity contribution is 5.79. The van der Waals surface area contributed by atoms with E-state index in [-0.39, 0.29) is 5.41 Å². The number of aliphatic imine (C=N–C) groups is 1. The van der Waals surface area contributed by atoms with Gasteiger partial charge in [0.25, 0.3) is 0 Å². The predicted molar refractivity (Wildman–Crippen MR) is 123 cm³/mol. The molecule has 2 fully saturated rings. The van der Waals surface area contributed by atoms with E-state index < -0.39 is 0 Å². The van der Waals surface area contributed by atoms with E-state index in [1.54, 1.807) is 0 Å². The van der Waals surface area contributed by atoms with Crippen molar-refractivity contribution >= 4 is 5.96 Å². The fourth-order valence-electron chi connectivity index (χ4n) is 4.50. The predicted octanol–water partition coefficient (Wildman–Crippen LogP) is 3.31. The fraction of sp³-hybridized carbons (Fsp3) is 0.480. The van der Waals surface area contributed by atoms with Gasteiger partial charge >= 0.3 is 0 Å². The van der Waals surface area contributed by atoms with E-state index in [0.717, 1.165) is 51.9 Å². The molecule has 2 aliphatic rings. The molecule has 2 aromatic carbocycles. The number of guanidine groups is 1. The first kappa shape index (κ1) is 20.9. The van der Waals surface area contributed by atoms with Gasteiger partial charge in [-0.3, -0.25) is 9.89 Å². The normalized spacial score (nSPS) is 19.2.